The Morgan fingerprint density at radius 3 is 2.14 bits per heavy atom. The van der Waals surface area contributed by atoms with Gasteiger partial charge in [0.15, 0.2) is 0 Å². The lowest BCUT2D eigenvalue weighted by Crippen LogP contribution is -2.36. The van der Waals surface area contributed by atoms with Crippen LogP contribution in [0.2, 0.25) is 0 Å². The van der Waals surface area contributed by atoms with E-state index in [-0.39, 0.29) is 35.7 Å². The third-order valence-corrected chi connectivity index (χ3v) is 7.12. The first-order valence-corrected chi connectivity index (χ1v) is 11.5. The van der Waals surface area contributed by atoms with Gasteiger partial charge in [-0.2, -0.15) is 0 Å². The fourth-order valence-electron chi connectivity index (χ4n) is 5.39. The number of halogens is 3. The molecule has 0 heterocycles. The minimum atomic E-state index is -0.947. The maximum atomic E-state index is 14.3. The van der Waals surface area contributed by atoms with Crippen LogP contribution in [0, 0.1) is 22.9 Å². The van der Waals surface area contributed by atoms with Gasteiger partial charge in [-0.1, -0.05) is 42.5 Å². The molecule has 178 valence electrons. The van der Waals surface area contributed by atoms with Crippen LogP contribution in [0.4, 0.5) is 13.2 Å². The van der Waals surface area contributed by atoms with Crippen LogP contribution in [0.1, 0.15) is 55.6 Å². The van der Waals surface area contributed by atoms with Crippen LogP contribution in [0.3, 0.4) is 0 Å². The molecule has 0 bridgehead atoms. The molecule has 0 fully saturated rings. The molecule has 4 aromatic rings. The summed E-state index contributed by atoms with van der Waals surface area (Å²) in [4.78, 5) is 12.8. The second-order valence-corrected chi connectivity index (χ2v) is 9.15. The van der Waals surface area contributed by atoms with Crippen LogP contribution in [-0.2, 0) is 6.54 Å². The number of nitrogen functional groups attached to an aromatic ring is 1. The van der Waals surface area contributed by atoms with Crippen LogP contribution in [-0.4, -0.2) is 11.7 Å². The molecule has 2 aliphatic carbocycles. The largest absolute Gasteiger partial charge is 0.384 e. The molecule has 0 aromatic heterocycles. The van der Waals surface area contributed by atoms with Crippen LogP contribution >= 0.6 is 0 Å². The summed E-state index contributed by atoms with van der Waals surface area (Å²) in [5.41, 5.74) is 11.3. The highest BCUT2D eigenvalue weighted by Gasteiger charge is 2.49. The Morgan fingerprint density at radius 1 is 0.806 bits per heavy atom. The van der Waals surface area contributed by atoms with Gasteiger partial charge in [-0.25, -0.2) is 13.2 Å². The minimum absolute atomic E-state index is 0.0805. The van der Waals surface area contributed by atoms with Gasteiger partial charge in [-0.15, -0.1) is 0 Å². The number of rotatable bonds is 5. The number of hydrogen-bond acceptors (Lipinski definition) is 2. The van der Waals surface area contributed by atoms with E-state index in [9.17, 15) is 18.0 Å². The molecular weight excluding hydrogens is 463 g/mol. The van der Waals surface area contributed by atoms with Crippen LogP contribution in [0.15, 0.2) is 72.8 Å². The first kappa shape index (κ1) is 22.1. The standard InChI is InChI=1S/C29H20F3N3O/c30-22-4-2-1-3-17(22)15-5-7-18-20(11-15)26-21-12-16(6-8-19(21)25(18)26)29(36)35-13-14-9-23(31)27(28(33)34)24(32)10-14/h1-12,25-26H,13H2,(H3,33,34)(H,35,36)/t25?,26-/m1/s1. The van der Waals surface area contributed by atoms with Crippen molar-refractivity contribution in [3.63, 3.8) is 0 Å². The summed E-state index contributed by atoms with van der Waals surface area (Å²) >= 11 is 0. The Labute approximate surface area is 205 Å². The summed E-state index contributed by atoms with van der Waals surface area (Å²) in [6, 6.07) is 20.4. The van der Waals surface area contributed by atoms with E-state index in [2.05, 4.69) is 11.4 Å². The fraction of sp³-hybridized carbons (Fsp3) is 0.103. The fourth-order valence-corrected chi connectivity index (χ4v) is 5.39. The summed E-state index contributed by atoms with van der Waals surface area (Å²) in [6.45, 7) is -0.0805. The van der Waals surface area contributed by atoms with Gasteiger partial charge in [-0.05, 0) is 63.7 Å². The van der Waals surface area contributed by atoms with E-state index in [1.807, 2.05) is 30.3 Å². The molecule has 7 heteroatoms. The zero-order valence-electron chi connectivity index (χ0n) is 18.9. The van der Waals surface area contributed by atoms with Crippen molar-refractivity contribution in [3.8, 4) is 11.1 Å². The van der Waals surface area contributed by atoms with Gasteiger partial charge in [0.25, 0.3) is 5.91 Å². The average Bonchev–Trinajstić information content (AvgIpc) is 2.82. The number of amides is 1. The molecule has 6 rings (SSSR count). The Hall–Kier alpha value is -4.39. The van der Waals surface area contributed by atoms with Crippen molar-refractivity contribution < 1.29 is 18.0 Å². The average molecular weight is 483 g/mol. The first-order valence-electron chi connectivity index (χ1n) is 11.5. The van der Waals surface area contributed by atoms with Crippen molar-refractivity contribution in [2.75, 3.05) is 0 Å². The maximum Gasteiger partial charge on any atom is 0.251 e. The molecule has 0 spiro atoms. The van der Waals surface area contributed by atoms with Gasteiger partial charge >= 0.3 is 0 Å². The lowest BCUT2D eigenvalue weighted by molar-refractivity contribution is 0.0950. The Kier molecular flexibility index (Phi) is 4.96. The normalized spacial score (nSPS) is 16.6. The molecule has 4 N–H and O–H groups in total. The zero-order valence-corrected chi connectivity index (χ0v) is 18.9. The molecule has 2 aliphatic rings. The molecule has 0 radical (unpaired) electrons. The lowest BCUT2D eigenvalue weighted by Gasteiger charge is -2.50. The van der Waals surface area contributed by atoms with Gasteiger partial charge in [0.05, 0.1) is 5.56 Å². The summed E-state index contributed by atoms with van der Waals surface area (Å²) in [5, 5.41) is 9.96. The first-order chi connectivity index (χ1) is 17.3. The predicted molar refractivity (Wildman–Crippen MR) is 131 cm³/mol. The molecule has 2 atom stereocenters. The van der Waals surface area contributed by atoms with Gasteiger partial charge in [0.2, 0.25) is 0 Å². The van der Waals surface area contributed by atoms with E-state index < -0.39 is 23.0 Å². The van der Waals surface area contributed by atoms with Crippen LogP contribution < -0.4 is 11.1 Å². The smallest absolute Gasteiger partial charge is 0.251 e. The number of nitrogens with two attached hydrogens (primary N) is 1. The highest BCUT2D eigenvalue weighted by atomic mass is 19.1. The summed E-state index contributed by atoms with van der Waals surface area (Å²) in [6.07, 6.45) is 0. The summed E-state index contributed by atoms with van der Waals surface area (Å²) in [5.74, 6) is -2.77. The van der Waals surface area contributed by atoms with E-state index >= 15 is 0 Å². The Morgan fingerprint density at radius 2 is 1.44 bits per heavy atom. The van der Waals surface area contributed by atoms with Crippen LogP contribution in [0.5, 0.6) is 0 Å². The van der Waals surface area contributed by atoms with Crippen molar-refractivity contribution in [2.24, 2.45) is 5.73 Å². The monoisotopic (exact) mass is 483 g/mol. The molecule has 36 heavy (non-hydrogen) atoms. The molecule has 0 saturated heterocycles. The second-order valence-electron chi connectivity index (χ2n) is 9.15. The molecular formula is C29H20F3N3O. The van der Waals surface area contributed by atoms with Crippen LogP contribution in [0.25, 0.3) is 11.1 Å². The molecule has 0 saturated carbocycles. The maximum absolute atomic E-state index is 14.3. The SMILES string of the molecule is N=C(N)c1c(F)cc(CNC(=O)c2ccc3c(c2)[C@H]2c4cc(-c5ccccc5F)ccc4C32)cc1F. The minimum Gasteiger partial charge on any atom is -0.384 e. The summed E-state index contributed by atoms with van der Waals surface area (Å²) in [7, 11) is 0. The quantitative estimate of drug-likeness (QED) is 0.256. The van der Waals surface area contributed by atoms with E-state index in [0.29, 0.717) is 11.1 Å². The molecule has 4 nitrogen and oxygen atoms in total. The molecule has 1 amide bonds. The third-order valence-electron chi connectivity index (χ3n) is 7.12. The summed E-state index contributed by atoms with van der Waals surface area (Å²) < 4.78 is 42.5. The molecule has 1 unspecified atom stereocenters. The van der Waals surface area contributed by atoms with E-state index in [1.165, 1.54) is 17.2 Å². The lowest BCUT2D eigenvalue weighted by atomic mass is 9.52. The number of nitrogens with one attached hydrogen (secondary N) is 2. The molecule has 0 aliphatic heterocycles. The van der Waals surface area contributed by atoms with Crippen molar-refractivity contribution in [1.29, 1.82) is 5.41 Å². The number of benzene rings is 4. The second kappa shape index (κ2) is 8.09. The Bertz CT molecular complexity index is 1570. The van der Waals surface area contributed by atoms with E-state index in [1.54, 1.807) is 18.2 Å². The van der Waals surface area contributed by atoms with Gasteiger partial charge in [0.1, 0.15) is 23.3 Å². The number of amidine groups is 1. The van der Waals surface area contributed by atoms with Crippen molar-refractivity contribution in [1.82, 2.24) is 5.32 Å². The van der Waals surface area contributed by atoms with Gasteiger partial charge in [0, 0.05) is 29.5 Å². The number of carbonyl (C=O) groups excluding carboxylic acids is 1. The molecule has 4 aromatic carbocycles. The zero-order chi connectivity index (χ0) is 25.1. The number of carbonyl (C=O) groups is 1. The van der Waals surface area contributed by atoms with E-state index in [0.717, 1.165) is 28.8 Å². The van der Waals surface area contributed by atoms with Crippen molar-refractivity contribution in [3.05, 3.63) is 129 Å². The topological polar surface area (TPSA) is 79.0 Å². The highest BCUT2D eigenvalue weighted by molar-refractivity contribution is 5.96. The van der Waals surface area contributed by atoms with Gasteiger partial charge < -0.3 is 11.1 Å². The van der Waals surface area contributed by atoms with Crippen molar-refractivity contribution in [2.45, 2.75) is 18.4 Å². The third kappa shape index (κ3) is 3.31. The van der Waals surface area contributed by atoms with Gasteiger partial charge in [-0.3, -0.25) is 10.2 Å². The van der Waals surface area contributed by atoms with Crippen molar-refractivity contribution >= 4 is 11.7 Å². The Balaban J connectivity index is 1.20. The number of fused-ring (bicyclic) bond motifs is 7. The van der Waals surface area contributed by atoms with E-state index in [4.69, 9.17) is 11.1 Å². The number of hydrogen-bond donors (Lipinski definition) is 3. The predicted octanol–water partition coefficient (Wildman–Crippen LogP) is 5.58. The highest BCUT2D eigenvalue weighted by Crippen LogP contribution is 2.63.